The molecule has 1 amide bonds. The Labute approximate surface area is 152 Å². The van der Waals surface area contributed by atoms with Gasteiger partial charge in [-0.25, -0.2) is 8.42 Å². The minimum absolute atomic E-state index is 0.0163. The third kappa shape index (κ3) is 4.94. The molecule has 2 N–H and O–H groups in total. The number of rotatable bonds is 6. The number of methoxy groups -OCH3 is 1. The van der Waals surface area contributed by atoms with Crippen molar-refractivity contribution in [3.8, 4) is 5.75 Å². The fraction of sp³-hybridized carbons (Fsp3) is 0.235. The first-order valence-corrected chi connectivity index (χ1v) is 9.32. The molecule has 2 aromatic carbocycles. The standard InChI is InChI=1S/C17H19ClN2O4S/c1-11-7-8-15(24-3)16(9-11)25(22,23)20-12(2)17(21)19-14-6-4-5-13(18)10-14/h4-10,12,20H,1-3H3,(H,19,21)/t12-/m1/s1. The molecule has 1 atom stereocenters. The summed E-state index contributed by atoms with van der Waals surface area (Å²) in [6.45, 7) is 3.23. The van der Waals surface area contributed by atoms with Gasteiger partial charge in [-0.3, -0.25) is 4.79 Å². The number of sulfonamides is 1. The molecule has 0 saturated carbocycles. The Kier molecular flexibility index (Phi) is 6.05. The molecular formula is C17H19ClN2O4S. The highest BCUT2D eigenvalue weighted by Gasteiger charge is 2.25. The second kappa shape index (κ2) is 7.86. The Hall–Kier alpha value is -2.09. The van der Waals surface area contributed by atoms with Gasteiger partial charge in [-0.05, 0) is 49.7 Å². The lowest BCUT2D eigenvalue weighted by atomic mass is 10.2. The monoisotopic (exact) mass is 382 g/mol. The zero-order chi connectivity index (χ0) is 18.6. The van der Waals surface area contributed by atoms with Gasteiger partial charge in [0.25, 0.3) is 0 Å². The topological polar surface area (TPSA) is 84.5 Å². The van der Waals surface area contributed by atoms with Crippen LogP contribution in [0, 0.1) is 6.92 Å². The molecule has 0 aliphatic carbocycles. The summed E-state index contributed by atoms with van der Waals surface area (Å²) in [6.07, 6.45) is 0. The van der Waals surface area contributed by atoms with Gasteiger partial charge in [0.1, 0.15) is 10.6 Å². The quantitative estimate of drug-likeness (QED) is 0.804. The van der Waals surface area contributed by atoms with E-state index in [1.165, 1.54) is 20.1 Å². The third-order valence-electron chi connectivity index (χ3n) is 3.43. The number of aryl methyl sites for hydroxylation is 1. The van der Waals surface area contributed by atoms with E-state index in [0.29, 0.717) is 10.7 Å². The largest absolute Gasteiger partial charge is 0.495 e. The molecule has 134 valence electrons. The van der Waals surface area contributed by atoms with Gasteiger partial charge >= 0.3 is 0 Å². The molecule has 0 fully saturated rings. The lowest BCUT2D eigenvalue weighted by Gasteiger charge is -2.16. The predicted octanol–water partition coefficient (Wildman–Crippen LogP) is 2.96. The summed E-state index contributed by atoms with van der Waals surface area (Å²) in [5, 5.41) is 3.08. The Bertz CT molecular complexity index is 884. The summed E-state index contributed by atoms with van der Waals surface area (Å²) in [7, 11) is -2.54. The van der Waals surface area contributed by atoms with E-state index in [-0.39, 0.29) is 10.6 Å². The molecule has 6 nitrogen and oxygen atoms in total. The Balaban J connectivity index is 2.17. The molecule has 0 bridgehead atoms. The van der Waals surface area contributed by atoms with E-state index in [2.05, 4.69) is 10.0 Å². The molecule has 0 heterocycles. The van der Waals surface area contributed by atoms with Gasteiger partial charge in [-0.15, -0.1) is 0 Å². The molecule has 0 aliphatic rings. The molecule has 2 rings (SSSR count). The summed E-state index contributed by atoms with van der Waals surface area (Å²) < 4.78 is 32.6. The molecule has 0 radical (unpaired) electrons. The number of anilines is 1. The number of ether oxygens (including phenoxy) is 1. The van der Waals surface area contributed by atoms with Crippen LogP contribution in [-0.2, 0) is 14.8 Å². The van der Waals surface area contributed by atoms with E-state index in [0.717, 1.165) is 5.56 Å². The Morgan fingerprint density at radius 2 is 1.92 bits per heavy atom. The zero-order valence-corrected chi connectivity index (χ0v) is 15.6. The second-order valence-electron chi connectivity index (χ2n) is 5.50. The van der Waals surface area contributed by atoms with Gasteiger partial charge in [-0.2, -0.15) is 4.72 Å². The van der Waals surface area contributed by atoms with Crippen molar-refractivity contribution in [2.45, 2.75) is 24.8 Å². The molecule has 0 saturated heterocycles. The van der Waals surface area contributed by atoms with Crippen LogP contribution < -0.4 is 14.8 Å². The van der Waals surface area contributed by atoms with E-state index < -0.39 is 22.0 Å². The molecule has 0 unspecified atom stereocenters. The summed E-state index contributed by atoms with van der Waals surface area (Å²) in [5.74, 6) is -0.294. The fourth-order valence-corrected chi connectivity index (χ4v) is 3.81. The lowest BCUT2D eigenvalue weighted by molar-refractivity contribution is -0.117. The maximum absolute atomic E-state index is 12.6. The maximum atomic E-state index is 12.6. The average molecular weight is 383 g/mol. The highest BCUT2D eigenvalue weighted by Crippen LogP contribution is 2.25. The zero-order valence-electron chi connectivity index (χ0n) is 14.0. The molecule has 8 heteroatoms. The first-order valence-electron chi connectivity index (χ1n) is 7.46. The number of halogens is 1. The van der Waals surface area contributed by atoms with Crippen LogP contribution in [0.3, 0.4) is 0 Å². The van der Waals surface area contributed by atoms with Gasteiger partial charge < -0.3 is 10.1 Å². The Morgan fingerprint density at radius 1 is 1.20 bits per heavy atom. The molecule has 0 spiro atoms. The van der Waals surface area contributed by atoms with E-state index >= 15 is 0 Å². The van der Waals surface area contributed by atoms with Crippen LogP contribution in [0.5, 0.6) is 5.75 Å². The summed E-state index contributed by atoms with van der Waals surface area (Å²) in [6, 6.07) is 10.4. The van der Waals surface area contributed by atoms with Crippen LogP contribution in [0.1, 0.15) is 12.5 Å². The first-order chi connectivity index (χ1) is 11.7. The van der Waals surface area contributed by atoms with Gasteiger partial charge in [-0.1, -0.05) is 23.7 Å². The van der Waals surface area contributed by atoms with Crippen LogP contribution in [0.2, 0.25) is 5.02 Å². The molecule has 0 aliphatic heterocycles. The first kappa shape index (κ1) is 19.2. The number of hydrogen-bond donors (Lipinski definition) is 2. The van der Waals surface area contributed by atoms with E-state index in [1.807, 2.05) is 0 Å². The molecule has 0 aromatic heterocycles. The number of benzene rings is 2. The number of hydrogen-bond acceptors (Lipinski definition) is 4. The predicted molar refractivity (Wildman–Crippen MR) is 97.6 cm³/mol. The summed E-state index contributed by atoms with van der Waals surface area (Å²) in [5.41, 5.74) is 1.24. The number of carbonyl (C=O) groups excluding carboxylic acids is 1. The van der Waals surface area contributed by atoms with Crippen molar-refractivity contribution >= 4 is 33.2 Å². The highest BCUT2D eigenvalue weighted by atomic mass is 35.5. The van der Waals surface area contributed by atoms with Crippen LogP contribution >= 0.6 is 11.6 Å². The van der Waals surface area contributed by atoms with Crippen LogP contribution in [0.25, 0.3) is 0 Å². The van der Waals surface area contributed by atoms with E-state index in [4.69, 9.17) is 16.3 Å². The van der Waals surface area contributed by atoms with Crippen molar-refractivity contribution in [1.82, 2.24) is 4.72 Å². The van der Waals surface area contributed by atoms with E-state index in [9.17, 15) is 13.2 Å². The van der Waals surface area contributed by atoms with Gasteiger partial charge in [0, 0.05) is 10.7 Å². The van der Waals surface area contributed by atoms with Gasteiger partial charge in [0.15, 0.2) is 0 Å². The summed E-state index contributed by atoms with van der Waals surface area (Å²) in [4.78, 5) is 12.2. The van der Waals surface area contributed by atoms with Crippen molar-refractivity contribution < 1.29 is 17.9 Å². The average Bonchev–Trinajstić information content (AvgIpc) is 2.54. The fourth-order valence-electron chi connectivity index (χ4n) is 2.16. The number of nitrogens with one attached hydrogen (secondary N) is 2. The van der Waals surface area contributed by atoms with Crippen molar-refractivity contribution in [3.63, 3.8) is 0 Å². The van der Waals surface area contributed by atoms with Crippen LogP contribution in [-0.4, -0.2) is 27.5 Å². The number of amides is 1. The smallest absolute Gasteiger partial charge is 0.244 e. The minimum Gasteiger partial charge on any atom is -0.495 e. The van der Waals surface area contributed by atoms with Crippen molar-refractivity contribution in [2.24, 2.45) is 0 Å². The molecule has 2 aromatic rings. The highest BCUT2D eigenvalue weighted by molar-refractivity contribution is 7.89. The van der Waals surface area contributed by atoms with Crippen molar-refractivity contribution in [1.29, 1.82) is 0 Å². The molecule has 25 heavy (non-hydrogen) atoms. The minimum atomic E-state index is -3.93. The third-order valence-corrected chi connectivity index (χ3v) is 5.22. The van der Waals surface area contributed by atoms with Crippen LogP contribution in [0.4, 0.5) is 5.69 Å². The number of carbonyl (C=O) groups is 1. The van der Waals surface area contributed by atoms with E-state index in [1.54, 1.807) is 43.3 Å². The lowest BCUT2D eigenvalue weighted by Crippen LogP contribution is -2.41. The van der Waals surface area contributed by atoms with Crippen LogP contribution in [0.15, 0.2) is 47.4 Å². The molecular weight excluding hydrogens is 364 g/mol. The normalized spacial score (nSPS) is 12.5. The second-order valence-corrected chi connectivity index (χ2v) is 7.62. The van der Waals surface area contributed by atoms with Crippen molar-refractivity contribution in [3.05, 3.63) is 53.1 Å². The summed E-state index contributed by atoms with van der Waals surface area (Å²) >= 11 is 5.87. The van der Waals surface area contributed by atoms with Gasteiger partial charge in [0.2, 0.25) is 15.9 Å². The van der Waals surface area contributed by atoms with Gasteiger partial charge in [0.05, 0.1) is 13.2 Å². The Morgan fingerprint density at radius 3 is 2.56 bits per heavy atom. The SMILES string of the molecule is COc1ccc(C)cc1S(=O)(=O)N[C@H](C)C(=O)Nc1cccc(Cl)c1. The maximum Gasteiger partial charge on any atom is 0.244 e. The van der Waals surface area contributed by atoms with Crippen molar-refractivity contribution in [2.75, 3.05) is 12.4 Å².